The van der Waals surface area contributed by atoms with Crippen LogP contribution in [0.1, 0.15) is 24.0 Å². The molecule has 2 nitrogen and oxygen atoms in total. The van der Waals surface area contributed by atoms with E-state index in [2.05, 4.69) is 18.5 Å². The zero-order valence-electron chi connectivity index (χ0n) is 9.41. The number of benzene rings is 1. The van der Waals surface area contributed by atoms with Crippen molar-refractivity contribution >= 4 is 18.1 Å². The zero-order chi connectivity index (χ0) is 11.8. The zero-order valence-corrected chi connectivity index (χ0v) is 9.41. The van der Waals surface area contributed by atoms with E-state index in [4.69, 9.17) is 0 Å². The third kappa shape index (κ3) is 3.73. The number of carbonyl (C=O) groups is 1. The summed E-state index contributed by atoms with van der Waals surface area (Å²) in [4.78, 5) is 10.1. The molecule has 2 rings (SSSR count). The van der Waals surface area contributed by atoms with Crippen molar-refractivity contribution in [3.05, 3.63) is 48.6 Å². The molecule has 1 aliphatic rings. The van der Waals surface area contributed by atoms with E-state index in [1.165, 1.54) is 0 Å². The van der Waals surface area contributed by atoms with Gasteiger partial charge in [-0.1, -0.05) is 49.6 Å². The molecular weight excluding hydrogens is 198 g/mol. The summed E-state index contributed by atoms with van der Waals surface area (Å²) in [5.41, 5.74) is 2.27. The van der Waals surface area contributed by atoms with Crippen molar-refractivity contribution in [1.82, 2.24) is 5.32 Å². The fraction of sp³-hybridized carbons (Fsp3) is 0.214. The van der Waals surface area contributed by atoms with Gasteiger partial charge < -0.3 is 5.32 Å². The van der Waals surface area contributed by atoms with Crippen LogP contribution >= 0.6 is 0 Å². The summed E-state index contributed by atoms with van der Waals surface area (Å²) in [7, 11) is 0. The SMILES string of the molecule is C=Cc1ccccc1C=C.O=C1CCCN1. The van der Waals surface area contributed by atoms with Crippen molar-refractivity contribution in [1.29, 1.82) is 0 Å². The predicted octanol–water partition coefficient (Wildman–Crippen LogP) is 2.87. The van der Waals surface area contributed by atoms with Gasteiger partial charge >= 0.3 is 0 Å². The van der Waals surface area contributed by atoms with Gasteiger partial charge in [0, 0.05) is 13.0 Å². The lowest BCUT2D eigenvalue weighted by Crippen LogP contribution is -2.12. The van der Waals surface area contributed by atoms with E-state index in [-0.39, 0.29) is 5.91 Å². The second-order valence-corrected chi connectivity index (χ2v) is 3.49. The Bertz CT molecular complexity index is 347. The van der Waals surface area contributed by atoms with Crippen LogP contribution in [0.5, 0.6) is 0 Å². The molecule has 0 atom stereocenters. The van der Waals surface area contributed by atoms with Crippen molar-refractivity contribution in [2.45, 2.75) is 12.8 Å². The lowest BCUT2D eigenvalue weighted by molar-refractivity contribution is -0.119. The van der Waals surface area contributed by atoms with Crippen LogP contribution in [0.4, 0.5) is 0 Å². The summed E-state index contributed by atoms with van der Waals surface area (Å²) in [6, 6.07) is 8.02. The maximum absolute atomic E-state index is 10.1. The van der Waals surface area contributed by atoms with Crippen LogP contribution in [0, 0.1) is 0 Å². The molecule has 1 N–H and O–H groups in total. The molecule has 0 aromatic heterocycles. The number of hydrogen-bond donors (Lipinski definition) is 1. The third-order valence-electron chi connectivity index (χ3n) is 2.34. The maximum atomic E-state index is 10.1. The minimum absolute atomic E-state index is 0.204. The monoisotopic (exact) mass is 215 g/mol. The molecule has 1 aromatic carbocycles. The molecule has 0 spiro atoms. The van der Waals surface area contributed by atoms with E-state index < -0.39 is 0 Å². The number of amides is 1. The molecular formula is C14H17NO. The van der Waals surface area contributed by atoms with Crippen molar-refractivity contribution < 1.29 is 4.79 Å². The van der Waals surface area contributed by atoms with Crippen molar-refractivity contribution in [2.24, 2.45) is 0 Å². The summed E-state index contributed by atoms with van der Waals surface area (Å²) in [5, 5.41) is 2.68. The van der Waals surface area contributed by atoms with Crippen LogP contribution in [0.15, 0.2) is 37.4 Å². The van der Waals surface area contributed by atoms with Gasteiger partial charge in [0.05, 0.1) is 0 Å². The standard InChI is InChI=1S/C10H10.C4H7NO/c1-3-9-7-5-6-8-10(9)4-2;6-4-2-1-3-5-4/h3-8H,1-2H2;1-3H2,(H,5,6). The van der Waals surface area contributed by atoms with Crippen LogP contribution in [0.2, 0.25) is 0 Å². The van der Waals surface area contributed by atoms with Gasteiger partial charge in [-0.3, -0.25) is 4.79 Å². The van der Waals surface area contributed by atoms with Gasteiger partial charge in [-0.25, -0.2) is 0 Å². The van der Waals surface area contributed by atoms with E-state index in [0.717, 1.165) is 30.5 Å². The molecule has 2 heteroatoms. The smallest absolute Gasteiger partial charge is 0.220 e. The van der Waals surface area contributed by atoms with Gasteiger partial charge in [0.15, 0.2) is 0 Å². The lowest BCUT2D eigenvalue weighted by Gasteiger charge is -1.96. The largest absolute Gasteiger partial charge is 0.356 e. The van der Waals surface area contributed by atoms with E-state index in [0.29, 0.717) is 0 Å². The molecule has 1 heterocycles. The predicted molar refractivity (Wildman–Crippen MR) is 68.9 cm³/mol. The van der Waals surface area contributed by atoms with Crippen molar-refractivity contribution in [2.75, 3.05) is 6.54 Å². The highest BCUT2D eigenvalue weighted by molar-refractivity contribution is 5.77. The first kappa shape index (κ1) is 12.2. The molecule has 1 aromatic rings. The highest BCUT2D eigenvalue weighted by Crippen LogP contribution is 2.10. The van der Waals surface area contributed by atoms with E-state index >= 15 is 0 Å². The molecule has 1 saturated heterocycles. The summed E-state index contributed by atoms with van der Waals surface area (Å²) in [5.74, 6) is 0.204. The van der Waals surface area contributed by atoms with Crippen molar-refractivity contribution in [3.63, 3.8) is 0 Å². The second-order valence-electron chi connectivity index (χ2n) is 3.49. The summed E-state index contributed by atoms with van der Waals surface area (Å²) in [6.45, 7) is 8.27. The molecule has 1 fully saturated rings. The fourth-order valence-electron chi connectivity index (χ4n) is 1.45. The maximum Gasteiger partial charge on any atom is 0.220 e. The fourth-order valence-corrected chi connectivity index (χ4v) is 1.45. The van der Waals surface area contributed by atoms with Gasteiger partial charge in [0.25, 0.3) is 0 Å². The molecule has 0 unspecified atom stereocenters. The van der Waals surface area contributed by atoms with E-state index in [1.54, 1.807) is 0 Å². The number of hydrogen-bond acceptors (Lipinski definition) is 1. The van der Waals surface area contributed by atoms with Crippen LogP contribution in [-0.4, -0.2) is 12.5 Å². The molecule has 16 heavy (non-hydrogen) atoms. The van der Waals surface area contributed by atoms with Gasteiger partial charge in [0.2, 0.25) is 5.91 Å². The van der Waals surface area contributed by atoms with Crippen molar-refractivity contribution in [3.8, 4) is 0 Å². The Kier molecular flexibility index (Phi) is 5.06. The normalized spacial score (nSPS) is 13.4. The first-order valence-electron chi connectivity index (χ1n) is 5.38. The molecule has 0 radical (unpaired) electrons. The Morgan fingerprint density at radius 2 is 1.69 bits per heavy atom. The minimum Gasteiger partial charge on any atom is -0.356 e. The Morgan fingerprint density at radius 3 is 1.94 bits per heavy atom. The molecule has 0 aliphatic carbocycles. The van der Waals surface area contributed by atoms with Crippen LogP contribution in [0.25, 0.3) is 12.2 Å². The van der Waals surface area contributed by atoms with Gasteiger partial charge in [0.1, 0.15) is 0 Å². The van der Waals surface area contributed by atoms with Crippen LogP contribution < -0.4 is 5.32 Å². The summed E-state index contributed by atoms with van der Waals surface area (Å²) >= 11 is 0. The molecule has 1 amide bonds. The number of carbonyl (C=O) groups excluding carboxylic acids is 1. The van der Waals surface area contributed by atoms with Gasteiger partial charge in [-0.05, 0) is 17.5 Å². The van der Waals surface area contributed by atoms with Gasteiger partial charge in [-0.2, -0.15) is 0 Å². The average Bonchev–Trinajstić information content (AvgIpc) is 2.81. The summed E-state index contributed by atoms with van der Waals surface area (Å²) in [6.07, 6.45) is 5.42. The Labute approximate surface area is 96.7 Å². The number of rotatable bonds is 2. The van der Waals surface area contributed by atoms with Crippen LogP contribution in [-0.2, 0) is 4.79 Å². The Morgan fingerprint density at radius 1 is 1.12 bits per heavy atom. The van der Waals surface area contributed by atoms with E-state index in [9.17, 15) is 4.79 Å². The first-order valence-corrected chi connectivity index (χ1v) is 5.38. The average molecular weight is 215 g/mol. The number of nitrogens with one attached hydrogen (secondary N) is 1. The quantitative estimate of drug-likeness (QED) is 0.807. The first-order chi connectivity index (χ1) is 7.77. The third-order valence-corrected chi connectivity index (χ3v) is 2.34. The minimum atomic E-state index is 0.204. The highest BCUT2D eigenvalue weighted by Gasteiger charge is 2.05. The highest BCUT2D eigenvalue weighted by atomic mass is 16.1. The molecule has 84 valence electrons. The summed E-state index contributed by atoms with van der Waals surface area (Å²) < 4.78 is 0. The Hall–Kier alpha value is -1.83. The topological polar surface area (TPSA) is 29.1 Å². The second kappa shape index (κ2) is 6.62. The lowest BCUT2D eigenvalue weighted by atomic mass is 10.1. The van der Waals surface area contributed by atoms with E-state index in [1.807, 2.05) is 36.4 Å². The Balaban J connectivity index is 0.000000181. The van der Waals surface area contributed by atoms with Crippen LogP contribution in [0.3, 0.4) is 0 Å². The van der Waals surface area contributed by atoms with Gasteiger partial charge in [-0.15, -0.1) is 0 Å². The molecule has 0 bridgehead atoms. The molecule has 0 saturated carbocycles. The molecule has 1 aliphatic heterocycles.